The van der Waals surface area contributed by atoms with Crippen molar-refractivity contribution in [3.63, 3.8) is 0 Å². The van der Waals surface area contributed by atoms with Gasteiger partial charge in [0, 0.05) is 10.8 Å². The van der Waals surface area contributed by atoms with Crippen LogP contribution in [0.4, 0.5) is 0 Å². The summed E-state index contributed by atoms with van der Waals surface area (Å²) in [5, 5.41) is 31.2. The predicted octanol–water partition coefficient (Wildman–Crippen LogP) is -0.0167. The van der Waals surface area contributed by atoms with Crippen LogP contribution in [0.3, 0.4) is 0 Å². The quantitative estimate of drug-likeness (QED) is 0.465. The fraction of sp³-hybridized carbons (Fsp3) is 0.867. The van der Waals surface area contributed by atoms with Gasteiger partial charge in [-0.15, -0.1) is 0 Å². The molecule has 4 aliphatic rings. The fourth-order valence-electron chi connectivity index (χ4n) is 5.06. The average Bonchev–Trinajstić information content (AvgIpc) is 3.21. The topological polar surface area (TPSA) is 82.5 Å². The number of fused-ring (bicyclic) bond motifs is 2. The van der Waals surface area contributed by atoms with E-state index in [0.29, 0.717) is 6.61 Å². The molecule has 0 amide bonds. The Bertz CT molecular complexity index is 485. The molecule has 2 bridgehead atoms. The van der Waals surface area contributed by atoms with E-state index in [1.54, 1.807) is 0 Å². The lowest BCUT2D eigenvalue weighted by molar-refractivity contribution is -0.226. The number of ether oxygens (including phenoxy) is 2. The smallest absolute Gasteiger partial charge is 0.129 e. The van der Waals surface area contributed by atoms with Crippen molar-refractivity contribution < 1.29 is 24.8 Å². The first-order valence-corrected chi connectivity index (χ1v) is 7.37. The van der Waals surface area contributed by atoms with Gasteiger partial charge >= 0.3 is 0 Å². The maximum absolute atomic E-state index is 10.7. The monoisotopic (exact) mass is 282 g/mol. The van der Waals surface area contributed by atoms with Crippen molar-refractivity contribution in [3.8, 4) is 0 Å². The Kier molecular flexibility index (Phi) is 2.41. The van der Waals surface area contributed by atoms with Gasteiger partial charge in [0.2, 0.25) is 0 Å². The summed E-state index contributed by atoms with van der Waals surface area (Å²) in [6.07, 6.45) is 1.01. The minimum atomic E-state index is -0.953. The summed E-state index contributed by atoms with van der Waals surface area (Å²) >= 11 is 0. The van der Waals surface area contributed by atoms with E-state index in [4.69, 9.17) is 9.47 Å². The summed E-state index contributed by atoms with van der Waals surface area (Å²) in [4.78, 5) is 0. The normalized spacial score (nSPS) is 60.4. The zero-order chi connectivity index (χ0) is 14.3. The van der Waals surface area contributed by atoms with E-state index in [2.05, 4.69) is 6.92 Å². The van der Waals surface area contributed by atoms with Crippen LogP contribution >= 0.6 is 0 Å². The summed E-state index contributed by atoms with van der Waals surface area (Å²) in [6.45, 7) is 4.42. The molecule has 0 aromatic heterocycles. The van der Waals surface area contributed by atoms with Crippen molar-refractivity contribution in [2.75, 3.05) is 13.2 Å². The molecule has 1 spiro atoms. The molecule has 0 aromatic carbocycles. The summed E-state index contributed by atoms with van der Waals surface area (Å²) in [5.41, 5.74) is -0.668. The van der Waals surface area contributed by atoms with E-state index < -0.39 is 34.7 Å². The molecule has 2 aliphatic heterocycles. The van der Waals surface area contributed by atoms with Gasteiger partial charge in [-0.05, 0) is 19.8 Å². The zero-order valence-corrected chi connectivity index (χ0v) is 11.9. The predicted molar refractivity (Wildman–Crippen MR) is 70.0 cm³/mol. The molecule has 5 nitrogen and oxygen atoms in total. The highest BCUT2D eigenvalue weighted by atomic mass is 16.6. The van der Waals surface area contributed by atoms with Crippen molar-refractivity contribution in [2.24, 2.45) is 10.8 Å². The largest absolute Gasteiger partial charge is 0.396 e. The van der Waals surface area contributed by atoms with Crippen LogP contribution in [0.5, 0.6) is 0 Å². The third-order valence-electron chi connectivity index (χ3n) is 6.57. The molecule has 7 atom stereocenters. The SMILES string of the molecule is CC1=C[C@H]2O[C@H]3[C@@H](O)[C@@H](O)[C@@](C)([C@@]2(CO)CC1)[C@]31CO1. The van der Waals surface area contributed by atoms with Gasteiger partial charge in [-0.2, -0.15) is 0 Å². The van der Waals surface area contributed by atoms with Gasteiger partial charge in [0.1, 0.15) is 17.8 Å². The Morgan fingerprint density at radius 1 is 1.40 bits per heavy atom. The second-order valence-electron chi connectivity index (χ2n) is 7.12. The molecule has 0 aromatic rings. The van der Waals surface area contributed by atoms with Crippen LogP contribution < -0.4 is 0 Å². The van der Waals surface area contributed by atoms with E-state index in [0.717, 1.165) is 12.8 Å². The third kappa shape index (κ3) is 1.12. The van der Waals surface area contributed by atoms with Crippen molar-refractivity contribution in [1.29, 1.82) is 0 Å². The third-order valence-corrected chi connectivity index (χ3v) is 6.57. The maximum Gasteiger partial charge on any atom is 0.129 e. The van der Waals surface area contributed by atoms with E-state index in [9.17, 15) is 15.3 Å². The van der Waals surface area contributed by atoms with Gasteiger partial charge in [0.25, 0.3) is 0 Å². The highest BCUT2D eigenvalue weighted by molar-refractivity contribution is 5.34. The number of epoxide rings is 1. The van der Waals surface area contributed by atoms with Gasteiger partial charge < -0.3 is 24.8 Å². The number of hydrogen-bond acceptors (Lipinski definition) is 5. The van der Waals surface area contributed by atoms with Gasteiger partial charge in [-0.25, -0.2) is 0 Å². The molecular weight excluding hydrogens is 260 g/mol. The summed E-state index contributed by atoms with van der Waals surface area (Å²) < 4.78 is 11.8. The van der Waals surface area contributed by atoms with Crippen molar-refractivity contribution in [1.82, 2.24) is 0 Å². The average molecular weight is 282 g/mol. The lowest BCUT2D eigenvalue weighted by Gasteiger charge is -2.57. The first-order valence-electron chi connectivity index (χ1n) is 7.37. The Balaban J connectivity index is 1.91. The highest BCUT2D eigenvalue weighted by Crippen LogP contribution is 2.71. The van der Waals surface area contributed by atoms with Crippen LogP contribution in [-0.4, -0.2) is 58.6 Å². The van der Waals surface area contributed by atoms with Crippen LogP contribution in [0.15, 0.2) is 11.6 Å². The molecule has 5 heteroatoms. The second kappa shape index (κ2) is 3.65. The standard InChI is InChI=1S/C15H22O5/c1-8-3-4-14(6-16)9(5-8)20-12-10(17)11(18)13(14,2)15(12)7-19-15/h5,9-12,16-18H,3-4,6-7H2,1-2H3/t9-,10+,11-,12+,13+,14-,15+/m1/s1. The van der Waals surface area contributed by atoms with Crippen LogP contribution in [0.1, 0.15) is 26.7 Å². The van der Waals surface area contributed by atoms with E-state index in [1.165, 1.54) is 5.57 Å². The first kappa shape index (κ1) is 13.2. The number of aliphatic hydroxyl groups is 3. The maximum atomic E-state index is 10.7. The molecule has 20 heavy (non-hydrogen) atoms. The number of rotatable bonds is 1. The van der Waals surface area contributed by atoms with E-state index in [-0.39, 0.29) is 12.7 Å². The van der Waals surface area contributed by atoms with Crippen LogP contribution in [-0.2, 0) is 9.47 Å². The van der Waals surface area contributed by atoms with Crippen molar-refractivity contribution in [2.45, 2.75) is 56.7 Å². The fourth-order valence-corrected chi connectivity index (χ4v) is 5.06. The molecule has 2 heterocycles. The molecule has 3 N–H and O–H groups in total. The molecule has 2 aliphatic carbocycles. The molecular formula is C15H22O5. The molecule has 112 valence electrons. The summed E-state index contributed by atoms with van der Waals surface area (Å²) in [5.74, 6) is 0. The number of hydrogen-bond donors (Lipinski definition) is 3. The van der Waals surface area contributed by atoms with Gasteiger partial charge in [-0.1, -0.05) is 18.6 Å². The second-order valence-corrected chi connectivity index (χ2v) is 7.12. The lowest BCUT2D eigenvalue weighted by atomic mass is 9.51. The Hall–Kier alpha value is -0.460. The van der Waals surface area contributed by atoms with Crippen molar-refractivity contribution >= 4 is 0 Å². The van der Waals surface area contributed by atoms with Crippen molar-refractivity contribution in [3.05, 3.63) is 11.6 Å². The van der Waals surface area contributed by atoms with E-state index in [1.807, 2.05) is 13.0 Å². The first-order chi connectivity index (χ1) is 9.43. The number of aliphatic hydroxyl groups excluding tert-OH is 3. The Labute approximate surface area is 118 Å². The van der Waals surface area contributed by atoms with E-state index >= 15 is 0 Å². The Morgan fingerprint density at radius 3 is 2.70 bits per heavy atom. The summed E-state index contributed by atoms with van der Waals surface area (Å²) in [6, 6.07) is 0. The molecule has 4 rings (SSSR count). The zero-order valence-electron chi connectivity index (χ0n) is 11.9. The van der Waals surface area contributed by atoms with Crippen LogP contribution in [0.2, 0.25) is 0 Å². The molecule has 0 radical (unpaired) electrons. The summed E-state index contributed by atoms with van der Waals surface area (Å²) in [7, 11) is 0. The van der Waals surface area contributed by atoms with Crippen LogP contribution in [0, 0.1) is 10.8 Å². The number of allylic oxidation sites excluding steroid dienone is 1. The molecule has 3 fully saturated rings. The Morgan fingerprint density at radius 2 is 2.10 bits per heavy atom. The lowest BCUT2D eigenvalue weighted by Crippen LogP contribution is -2.66. The minimum Gasteiger partial charge on any atom is -0.396 e. The van der Waals surface area contributed by atoms with Crippen LogP contribution in [0.25, 0.3) is 0 Å². The van der Waals surface area contributed by atoms with Gasteiger partial charge in [-0.3, -0.25) is 0 Å². The molecule has 2 saturated heterocycles. The molecule has 1 saturated carbocycles. The van der Waals surface area contributed by atoms with Gasteiger partial charge in [0.05, 0.1) is 25.4 Å². The van der Waals surface area contributed by atoms with Gasteiger partial charge in [0.15, 0.2) is 0 Å². The minimum absolute atomic E-state index is 0.0699. The highest BCUT2D eigenvalue weighted by Gasteiger charge is 2.84. The molecule has 0 unspecified atom stereocenters.